The molecule has 11 rings (SSSR count). The fourth-order valence-electron chi connectivity index (χ4n) is 8.84. The number of hydrogen-bond acceptors (Lipinski definition) is 6. The van der Waals surface area contributed by atoms with Crippen LogP contribution in [0.1, 0.15) is 0 Å². The van der Waals surface area contributed by atoms with E-state index in [4.69, 9.17) is 9.97 Å². The van der Waals surface area contributed by atoms with Crippen molar-refractivity contribution < 1.29 is 0 Å². The number of pyridine rings is 4. The van der Waals surface area contributed by atoms with Gasteiger partial charge in [0, 0.05) is 48.6 Å². The van der Waals surface area contributed by atoms with Crippen LogP contribution in [-0.2, 0) is 0 Å². The molecule has 0 aliphatic heterocycles. The van der Waals surface area contributed by atoms with Gasteiger partial charge in [0.1, 0.15) is 11.6 Å². The average Bonchev–Trinajstić information content (AvgIpc) is 3.36. The van der Waals surface area contributed by atoms with Gasteiger partial charge in [-0.2, -0.15) is 0 Å². The molecule has 0 fully saturated rings. The molecular formula is C56H38N6. The Morgan fingerprint density at radius 2 is 0.726 bits per heavy atom. The molecule has 0 saturated heterocycles. The highest BCUT2D eigenvalue weighted by Crippen LogP contribution is 2.51. The number of nitrogens with zero attached hydrogens (tertiary/aromatic N) is 6. The van der Waals surface area contributed by atoms with Gasteiger partial charge in [-0.25, -0.2) is 9.97 Å². The molecule has 7 aromatic carbocycles. The molecular weight excluding hydrogens is 757 g/mol. The number of aromatic nitrogens is 4. The summed E-state index contributed by atoms with van der Waals surface area (Å²) in [6, 6.07) is 68.8. The highest BCUT2D eigenvalue weighted by Gasteiger charge is 2.24. The van der Waals surface area contributed by atoms with Crippen LogP contribution in [0.2, 0.25) is 0 Å². The van der Waals surface area contributed by atoms with Gasteiger partial charge < -0.3 is 0 Å². The van der Waals surface area contributed by atoms with Crippen LogP contribution < -0.4 is 9.80 Å². The first-order valence-electron chi connectivity index (χ1n) is 20.7. The molecule has 6 heteroatoms. The monoisotopic (exact) mass is 794 g/mol. The van der Waals surface area contributed by atoms with Gasteiger partial charge >= 0.3 is 0 Å². The highest BCUT2D eigenvalue weighted by atomic mass is 15.2. The molecule has 0 spiro atoms. The molecule has 0 amide bonds. The molecule has 0 bridgehead atoms. The van der Waals surface area contributed by atoms with E-state index in [0.717, 1.165) is 72.6 Å². The number of benzene rings is 7. The minimum atomic E-state index is 0.811. The Kier molecular flexibility index (Phi) is 9.41. The van der Waals surface area contributed by atoms with Gasteiger partial charge in [-0.15, -0.1) is 0 Å². The molecule has 6 nitrogen and oxygen atoms in total. The van der Waals surface area contributed by atoms with E-state index in [9.17, 15) is 0 Å². The Bertz CT molecular complexity index is 3240. The van der Waals surface area contributed by atoms with Crippen molar-refractivity contribution in [3.63, 3.8) is 0 Å². The zero-order valence-corrected chi connectivity index (χ0v) is 33.6. The van der Waals surface area contributed by atoms with E-state index in [1.165, 1.54) is 27.5 Å². The molecule has 0 radical (unpaired) electrons. The van der Waals surface area contributed by atoms with E-state index in [1.54, 1.807) is 0 Å². The van der Waals surface area contributed by atoms with Crippen molar-refractivity contribution in [3.8, 4) is 33.4 Å². The van der Waals surface area contributed by atoms with Crippen LogP contribution >= 0.6 is 0 Å². The maximum Gasteiger partial charge on any atom is 0.137 e. The maximum absolute atomic E-state index is 4.86. The molecule has 11 aromatic rings. The van der Waals surface area contributed by atoms with Gasteiger partial charge in [-0.3, -0.25) is 19.8 Å². The highest BCUT2D eigenvalue weighted by molar-refractivity contribution is 6.33. The van der Waals surface area contributed by atoms with E-state index < -0.39 is 0 Å². The Hall–Kier alpha value is -8.48. The van der Waals surface area contributed by atoms with Crippen LogP contribution in [0, 0.1) is 0 Å². The average molecular weight is 795 g/mol. The van der Waals surface area contributed by atoms with E-state index in [-0.39, 0.29) is 0 Å². The molecule has 292 valence electrons. The number of fused-ring (bicyclic) bond motifs is 6. The normalized spacial score (nSPS) is 11.2. The Labute approximate surface area is 359 Å². The van der Waals surface area contributed by atoms with Crippen molar-refractivity contribution in [2.45, 2.75) is 0 Å². The summed E-state index contributed by atoms with van der Waals surface area (Å²) in [5, 5.41) is 6.90. The van der Waals surface area contributed by atoms with Crippen LogP contribution in [0.3, 0.4) is 0 Å². The summed E-state index contributed by atoms with van der Waals surface area (Å²) in [6.07, 6.45) is 11.0. The molecule has 0 unspecified atom stereocenters. The third-order valence-corrected chi connectivity index (χ3v) is 11.5. The van der Waals surface area contributed by atoms with Crippen molar-refractivity contribution in [2.75, 3.05) is 9.80 Å². The summed E-state index contributed by atoms with van der Waals surface area (Å²) >= 11 is 0. The molecule has 0 saturated carbocycles. The predicted molar refractivity (Wildman–Crippen MR) is 256 cm³/mol. The van der Waals surface area contributed by atoms with Crippen molar-refractivity contribution in [2.24, 2.45) is 0 Å². The van der Waals surface area contributed by atoms with Gasteiger partial charge in [0.25, 0.3) is 0 Å². The Balaban J connectivity index is 1.32. The first kappa shape index (κ1) is 36.6. The summed E-state index contributed by atoms with van der Waals surface area (Å²) in [7, 11) is 0. The van der Waals surface area contributed by atoms with Gasteiger partial charge in [0.05, 0.1) is 11.4 Å². The first-order chi connectivity index (χ1) is 30.8. The molecule has 4 aromatic heterocycles. The van der Waals surface area contributed by atoms with E-state index in [0.29, 0.717) is 0 Å². The number of anilines is 6. The SMILES string of the molecule is c1ccc(-c2cc(-c3ccccc3)c3c4ccc(N(c5ccncc5)c5ccccn5)cc4c4cc(N(c5ccncc5)c5ccccn5)ccc4c3c2-c2ccccc2)cc1. The van der Waals surface area contributed by atoms with Crippen LogP contribution in [0.5, 0.6) is 0 Å². The van der Waals surface area contributed by atoms with Crippen molar-refractivity contribution in [1.29, 1.82) is 0 Å². The molecule has 0 aliphatic carbocycles. The van der Waals surface area contributed by atoms with Crippen molar-refractivity contribution in [3.05, 3.63) is 231 Å². The summed E-state index contributed by atoms with van der Waals surface area (Å²) in [5.41, 5.74) is 10.9. The Morgan fingerprint density at radius 1 is 0.290 bits per heavy atom. The molecule has 0 aliphatic rings. The zero-order valence-electron chi connectivity index (χ0n) is 33.6. The molecule has 0 atom stereocenters. The first-order valence-corrected chi connectivity index (χ1v) is 20.7. The fourth-order valence-corrected chi connectivity index (χ4v) is 8.84. The summed E-state index contributed by atoms with van der Waals surface area (Å²) in [4.78, 5) is 22.8. The number of rotatable bonds is 9. The molecule has 0 N–H and O–H groups in total. The smallest absolute Gasteiger partial charge is 0.137 e. The van der Waals surface area contributed by atoms with Gasteiger partial charge in [-0.1, -0.05) is 115 Å². The third kappa shape index (κ3) is 6.57. The van der Waals surface area contributed by atoms with E-state index >= 15 is 0 Å². The standard InChI is InChI=1S/C56H38N6/c1-4-14-39(15-5-1)48-38-49(40-16-6-2-7-17-40)55-46-24-22-44(61(42-26-32-57-33-27-42)52-20-10-12-30-59-52)36-50(46)51-37-45(23-25-47(51)56(55)54(48)41-18-8-3-9-19-41)62(43-28-34-58-35-29-43)53-21-11-13-31-60-53/h1-38H. The lowest BCUT2D eigenvalue weighted by molar-refractivity contribution is 1.17. The van der Waals surface area contributed by atoms with Gasteiger partial charge in [0.2, 0.25) is 0 Å². The zero-order chi connectivity index (χ0) is 41.2. The number of hydrogen-bond donors (Lipinski definition) is 0. The molecule has 62 heavy (non-hydrogen) atoms. The Morgan fingerprint density at radius 3 is 1.19 bits per heavy atom. The van der Waals surface area contributed by atoms with Crippen LogP contribution in [-0.4, -0.2) is 19.9 Å². The third-order valence-electron chi connectivity index (χ3n) is 11.5. The second kappa shape index (κ2) is 15.9. The quantitative estimate of drug-likeness (QED) is 0.136. The summed E-state index contributed by atoms with van der Waals surface area (Å²) in [5.74, 6) is 1.62. The van der Waals surface area contributed by atoms with Crippen molar-refractivity contribution >= 4 is 66.7 Å². The summed E-state index contributed by atoms with van der Waals surface area (Å²) in [6.45, 7) is 0. The lowest BCUT2D eigenvalue weighted by atomic mass is 9.81. The molecule has 4 heterocycles. The lowest BCUT2D eigenvalue weighted by Crippen LogP contribution is -2.12. The summed E-state index contributed by atoms with van der Waals surface area (Å²) < 4.78 is 0. The van der Waals surface area contributed by atoms with Crippen LogP contribution in [0.25, 0.3) is 65.7 Å². The largest absolute Gasteiger partial charge is 0.295 e. The van der Waals surface area contributed by atoms with Crippen LogP contribution in [0.15, 0.2) is 231 Å². The van der Waals surface area contributed by atoms with E-state index in [1.807, 2.05) is 97.8 Å². The lowest BCUT2D eigenvalue weighted by Gasteiger charge is -2.27. The van der Waals surface area contributed by atoms with E-state index in [2.05, 4.69) is 153 Å². The van der Waals surface area contributed by atoms with Crippen molar-refractivity contribution in [1.82, 2.24) is 19.9 Å². The maximum atomic E-state index is 4.86. The minimum Gasteiger partial charge on any atom is -0.295 e. The van der Waals surface area contributed by atoms with Crippen LogP contribution in [0.4, 0.5) is 34.4 Å². The minimum absolute atomic E-state index is 0.811. The topological polar surface area (TPSA) is 58.0 Å². The second-order valence-electron chi connectivity index (χ2n) is 15.1. The van der Waals surface area contributed by atoms with Gasteiger partial charge in [0.15, 0.2) is 0 Å². The van der Waals surface area contributed by atoms with Gasteiger partial charge in [-0.05, 0) is 145 Å². The second-order valence-corrected chi connectivity index (χ2v) is 15.1. The predicted octanol–water partition coefficient (Wildman–Crippen LogP) is 14.7. The fraction of sp³-hybridized carbons (Fsp3) is 0.